The van der Waals surface area contributed by atoms with Crippen LogP contribution in [0.25, 0.3) is 0 Å². The number of aryl methyl sites for hydroxylation is 1. The number of carbonyl (C=O) groups excluding carboxylic acids is 1. The second-order valence-electron chi connectivity index (χ2n) is 9.14. The van der Waals surface area contributed by atoms with Gasteiger partial charge in [-0.3, -0.25) is 9.78 Å². The molecule has 1 aromatic heterocycles. The Morgan fingerprint density at radius 2 is 1.79 bits per heavy atom. The van der Waals surface area contributed by atoms with E-state index in [0.29, 0.717) is 43.3 Å². The molecule has 0 spiro atoms. The van der Waals surface area contributed by atoms with Crippen LogP contribution in [0.5, 0.6) is 5.75 Å². The number of methoxy groups -OCH3 is 1. The van der Waals surface area contributed by atoms with Crippen molar-refractivity contribution in [3.63, 3.8) is 0 Å². The van der Waals surface area contributed by atoms with E-state index in [1.165, 1.54) is 4.31 Å². The van der Waals surface area contributed by atoms with Crippen LogP contribution in [-0.2, 0) is 21.4 Å². The Kier molecular flexibility index (Phi) is 7.80. The molecule has 0 atom stereocenters. The van der Waals surface area contributed by atoms with Crippen LogP contribution in [0.3, 0.4) is 0 Å². The molecule has 8 heteroatoms. The Bertz CT molecular complexity index is 1090. The molecule has 0 radical (unpaired) electrons. The minimum Gasteiger partial charge on any atom is -0.496 e. The number of rotatable bonds is 7. The zero-order valence-corrected chi connectivity index (χ0v) is 21.3. The number of pyridine rings is 1. The van der Waals surface area contributed by atoms with Crippen molar-refractivity contribution in [3.05, 3.63) is 52.8 Å². The summed E-state index contributed by atoms with van der Waals surface area (Å²) in [6.45, 7) is 9.12. The molecule has 0 aliphatic carbocycles. The zero-order chi connectivity index (χ0) is 24.3. The van der Waals surface area contributed by atoms with Gasteiger partial charge in [-0.25, -0.2) is 8.42 Å². The Morgan fingerprint density at radius 1 is 1.18 bits per heavy atom. The van der Waals surface area contributed by atoms with Crippen molar-refractivity contribution < 1.29 is 17.9 Å². The Labute approximate surface area is 197 Å². The van der Waals surface area contributed by atoms with Crippen LogP contribution in [0.1, 0.15) is 55.0 Å². The van der Waals surface area contributed by atoms with Gasteiger partial charge in [-0.05, 0) is 50.3 Å². The van der Waals surface area contributed by atoms with Crippen LogP contribution < -0.4 is 4.74 Å². The van der Waals surface area contributed by atoms with Crippen LogP contribution in [0.2, 0.25) is 0 Å². The largest absolute Gasteiger partial charge is 0.496 e. The topological polar surface area (TPSA) is 79.8 Å². The van der Waals surface area contributed by atoms with Gasteiger partial charge in [0.05, 0.1) is 24.2 Å². The van der Waals surface area contributed by atoms with Crippen LogP contribution in [-0.4, -0.2) is 55.8 Å². The number of piperidine rings is 1. The van der Waals surface area contributed by atoms with Gasteiger partial charge in [-0.2, -0.15) is 4.31 Å². The summed E-state index contributed by atoms with van der Waals surface area (Å²) in [6, 6.07) is 7.11. The number of ether oxygens (including phenoxy) is 1. The maximum Gasteiger partial charge on any atom is 0.243 e. The van der Waals surface area contributed by atoms with E-state index in [1.807, 2.05) is 26.0 Å². The van der Waals surface area contributed by atoms with Crippen molar-refractivity contribution in [2.45, 2.75) is 57.9 Å². The number of sulfonamides is 1. The smallest absolute Gasteiger partial charge is 0.243 e. The lowest BCUT2D eigenvalue weighted by Gasteiger charge is -2.32. The molecule has 2 aromatic rings. The van der Waals surface area contributed by atoms with Crippen LogP contribution in [0.4, 0.5) is 0 Å². The van der Waals surface area contributed by atoms with E-state index in [-0.39, 0.29) is 11.8 Å². The summed E-state index contributed by atoms with van der Waals surface area (Å²) < 4.78 is 33.1. The van der Waals surface area contributed by atoms with Crippen LogP contribution in [0.15, 0.2) is 35.4 Å². The maximum absolute atomic E-state index is 13.1. The second-order valence-corrected chi connectivity index (χ2v) is 11.1. The highest BCUT2D eigenvalue weighted by Gasteiger charge is 2.33. The normalized spacial score (nSPS) is 15.6. The Morgan fingerprint density at radius 3 is 2.33 bits per heavy atom. The highest BCUT2D eigenvalue weighted by Crippen LogP contribution is 2.28. The van der Waals surface area contributed by atoms with E-state index in [2.05, 4.69) is 18.8 Å². The third kappa shape index (κ3) is 5.38. The average Bonchev–Trinajstić information content (AvgIpc) is 2.80. The SMILES string of the molecule is COc1c(C)cnc(CN(C)C(=O)C2CCN(S(=O)(=O)c3ccc(C(C)C)cc3)CC2)c1C. The highest BCUT2D eigenvalue weighted by molar-refractivity contribution is 7.89. The summed E-state index contributed by atoms with van der Waals surface area (Å²) in [6.07, 6.45) is 2.78. The summed E-state index contributed by atoms with van der Waals surface area (Å²) in [5.74, 6) is 0.966. The monoisotopic (exact) mass is 473 g/mol. The van der Waals surface area contributed by atoms with Crippen molar-refractivity contribution in [1.82, 2.24) is 14.2 Å². The molecule has 2 heterocycles. The van der Waals surface area contributed by atoms with Crippen LogP contribution >= 0.6 is 0 Å². The fourth-order valence-corrected chi connectivity index (χ4v) is 5.83. The summed E-state index contributed by atoms with van der Waals surface area (Å²) in [5, 5.41) is 0. The average molecular weight is 474 g/mol. The molecule has 0 N–H and O–H groups in total. The molecule has 0 bridgehead atoms. The molecule has 7 nitrogen and oxygen atoms in total. The van der Waals surface area contributed by atoms with Crippen molar-refractivity contribution in [2.24, 2.45) is 5.92 Å². The van der Waals surface area contributed by atoms with Gasteiger partial charge in [0.1, 0.15) is 5.75 Å². The number of nitrogens with zero attached hydrogens (tertiary/aromatic N) is 3. The minimum absolute atomic E-state index is 0.0223. The predicted molar refractivity (Wildman–Crippen MR) is 129 cm³/mol. The van der Waals surface area contributed by atoms with Gasteiger partial charge in [0.15, 0.2) is 0 Å². The van der Waals surface area contributed by atoms with E-state index < -0.39 is 10.0 Å². The van der Waals surface area contributed by atoms with Crippen LogP contribution in [0, 0.1) is 19.8 Å². The summed E-state index contributed by atoms with van der Waals surface area (Å²) in [4.78, 5) is 19.5. The lowest BCUT2D eigenvalue weighted by Crippen LogP contribution is -2.43. The van der Waals surface area contributed by atoms with E-state index in [1.54, 1.807) is 37.4 Å². The third-order valence-electron chi connectivity index (χ3n) is 6.50. The fraction of sp³-hybridized carbons (Fsp3) is 0.520. The Hall–Kier alpha value is -2.45. The quantitative estimate of drug-likeness (QED) is 0.610. The number of hydrogen-bond donors (Lipinski definition) is 0. The minimum atomic E-state index is -3.56. The number of carbonyl (C=O) groups is 1. The Balaban J connectivity index is 1.62. The lowest BCUT2D eigenvalue weighted by atomic mass is 9.96. The summed E-state index contributed by atoms with van der Waals surface area (Å²) >= 11 is 0. The van der Waals surface area contributed by atoms with Gasteiger partial charge in [0.25, 0.3) is 0 Å². The standard InChI is InChI=1S/C25H35N3O4S/c1-17(2)20-7-9-22(10-8-20)33(30,31)28-13-11-21(12-14-28)25(29)27(5)16-23-19(4)24(32-6)18(3)15-26-23/h7-10,15,17,21H,11-14,16H2,1-6H3. The predicted octanol–water partition coefficient (Wildman–Crippen LogP) is 3.89. The molecule has 33 heavy (non-hydrogen) atoms. The molecule has 0 unspecified atom stereocenters. The number of aromatic nitrogens is 1. The van der Waals surface area contributed by atoms with E-state index >= 15 is 0 Å². The van der Waals surface area contributed by atoms with Gasteiger partial charge >= 0.3 is 0 Å². The summed E-state index contributed by atoms with van der Waals surface area (Å²) in [5.41, 5.74) is 3.80. The number of benzene rings is 1. The first-order chi connectivity index (χ1) is 15.6. The first-order valence-corrected chi connectivity index (χ1v) is 12.8. The van der Waals surface area contributed by atoms with Gasteiger partial charge in [0.2, 0.25) is 15.9 Å². The molecule has 1 aliphatic rings. The van der Waals surface area contributed by atoms with Gasteiger partial charge < -0.3 is 9.64 Å². The third-order valence-corrected chi connectivity index (χ3v) is 8.41. The van der Waals surface area contributed by atoms with Gasteiger partial charge in [-0.1, -0.05) is 26.0 Å². The molecule has 0 saturated carbocycles. The molecule has 180 valence electrons. The van der Waals surface area contributed by atoms with E-state index in [4.69, 9.17) is 4.74 Å². The zero-order valence-electron chi connectivity index (χ0n) is 20.5. The molecule has 1 aromatic carbocycles. The van der Waals surface area contributed by atoms with Crippen molar-refractivity contribution in [1.29, 1.82) is 0 Å². The lowest BCUT2D eigenvalue weighted by molar-refractivity contribution is -0.136. The first-order valence-electron chi connectivity index (χ1n) is 11.4. The summed E-state index contributed by atoms with van der Waals surface area (Å²) in [7, 11) is -0.149. The van der Waals surface area contributed by atoms with E-state index in [0.717, 1.165) is 28.1 Å². The first kappa shape index (κ1) is 25.2. The van der Waals surface area contributed by atoms with Crippen molar-refractivity contribution in [3.8, 4) is 5.75 Å². The van der Waals surface area contributed by atoms with Gasteiger partial charge in [-0.15, -0.1) is 0 Å². The second kappa shape index (κ2) is 10.2. The number of amides is 1. The fourth-order valence-electron chi connectivity index (χ4n) is 4.36. The van der Waals surface area contributed by atoms with E-state index in [9.17, 15) is 13.2 Å². The molecule has 3 rings (SSSR count). The maximum atomic E-state index is 13.1. The van der Waals surface area contributed by atoms with Gasteiger partial charge in [0, 0.05) is 43.4 Å². The van der Waals surface area contributed by atoms with Crippen molar-refractivity contribution >= 4 is 15.9 Å². The van der Waals surface area contributed by atoms with Crippen molar-refractivity contribution in [2.75, 3.05) is 27.2 Å². The number of hydrogen-bond acceptors (Lipinski definition) is 5. The molecule has 1 aliphatic heterocycles. The molecular formula is C25H35N3O4S. The molecular weight excluding hydrogens is 438 g/mol. The highest BCUT2D eigenvalue weighted by atomic mass is 32.2. The molecule has 1 amide bonds. The molecule has 1 saturated heterocycles. The molecule has 1 fully saturated rings.